The number of nitrogens with zero attached hydrogens (tertiary/aromatic N) is 2. The van der Waals surface area contributed by atoms with Gasteiger partial charge in [-0.05, 0) is 25.3 Å². The third-order valence-electron chi connectivity index (χ3n) is 1.86. The van der Waals surface area contributed by atoms with Crippen molar-refractivity contribution in [1.29, 1.82) is 0 Å². The molecule has 0 saturated carbocycles. The van der Waals surface area contributed by atoms with E-state index in [2.05, 4.69) is 9.71 Å². The van der Waals surface area contributed by atoms with Crippen LogP contribution in [0.2, 0.25) is 0 Å². The fourth-order valence-electron chi connectivity index (χ4n) is 1.28. The van der Waals surface area contributed by atoms with E-state index in [9.17, 15) is 8.42 Å². The predicted octanol–water partition coefficient (Wildman–Crippen LogP) is 1.76. The number of nitrogens with one attached hydrogen (secondary N) is 1. The monoisotopic (exact) mass is 279 g/mol. The first kappa shape index (κ1) is 11.7. The van der Waals surface area contributed by atoms with Gasteiger partial charge in [-0.3, -0.25) is 0 Å². The summed E-state index contributed by atoms with van der Waals surface area (Å²) < 4.78 is 27.4. The third-order valence-corrected chi connectivity index (χ3v) is 4.99. The molecule has 16 heavy (non-hydrogen) atoms. The van der Waals surface area contributed by atoms with Crippen LogP contribution in [0.15, 0.2) is 20.6 Å². The summed E-state index contributed by atoms with van der Waals surface area (Å²) in [6.07, 6.45) is 0. The van der Waals surface area contributed by atoms with Gasteiger partial charge in [0, 0.05) is 17.8 Å². The maximum atomic E-state index is 11.8. The van der Waals surface area contributed by atoms with E-state index in [0.29, 0.717) is 5.69 Å². The maximum absolute atomic E-state index is 11.8. The molecule has 1 aliphatic heterocycles. The highest BCUT2D eigenvalue weighted by Crippen LogP contribution is 2.35. The summed E-state index contributed by atoms with van der Waals surface area (Å²) in [6, 6.07) is 1.61. The van der Waals surface area contributed by atoms with Crippen molar-refractivity contribution in [3.8, 4) is 0 Å². The Morgan fingerprint density at radius 2 is 2.25 bits per heavy atom. The van der Waals surface area contributed by atoms with Crippen molar-refractivity contribution in [3.63, 3.8) is 0 Å². The summed E-state index contributed by atoms with van der Waals surface area (Å²) in [7, 11) is -3.51. The van der Waals surface area contributed by atoms with Crippen molar-refractivity contribution < 1.29 is 8.42 Å². The molecule has 0 radical (unpaired) electrons. The molecule has 0 bridgehead atoms. The number of anilines is 1. The molecule has 5 nitrogen and oxygen atoms in total. The van der Waals surface area contributed by atoms with E-state index in [1.54, 1.807) is 11.4 Å². The first-order valence-electron chi connectivity index (χ1n) is 4.56. The number of halogens is 1. The molecule has 0 aromatic carbocycles. The van der Waals surface area contributed by atoms with Gasteiger partial charge >= 0.3 is 0 Å². The largest absolute Gasteiger partial charge is 0.275 e. The minimum Gasteiger partial charge on any atom is -0.248 e. The van der Waals surface area contributed by atoms with Crippen LogP contribution < -0.4 is 9.14 Å². The van der Waals surface area contributed by atoms with Gasteiger partial charge in [0.2, 0.25) is 5.96 Å². The predicted molar refractivity (Wildman–Crippen MR) is 65.5 cm³/mol. The number of guanidine groups is 1. The average molecular weight is 280 g/mol. The lowest BCUT2D eigenvalue weighted by Crippen LogP contribution is -2.44. The molecule has 0 amide bonds. The minimum absolute atomic E-state index is 0.0425. The molecular formula is C8H10ClN3O2S2. The molecule has 0 fully saturated rings. The van der Waals surface area contributed by atoms with Crippen molar-refractivity contribution in [2.24, 2.45) is 4.99 Å². The molecule has 0 aliphatic carbocycles. The lowest BCUT2D eigenvalue weighted by Gasteiger charge is -2.24. The number of thiophene rings is 1. The Morgan fingerprint density at radius 1 is 1.56 bits per heavy atom. The molecule has 88 valence electrons. The molecule has 1 aromatic rings. The van der Waals surface area contributed by atoms with Gasteiger partial charge in [-0.25, -0.2) is 22.6 Å². The van der Waals surface area contributed by atoms with Crippen LogP contribution in [-0.4, -0.2) is 20.4 Å². The van der Waals surface area contributed by atoms with E-state index in [4.69, 9.17) is 11.8 Å². The molecule has 0 unspecified atom stereocenters. The molecule has 1 N–H and O–H groups in total. The normalized spacial score (nSPS) is 21.0. The second-order valence-electron chi connectivity index (χ2n) is 3.53. The van der Waals surface area contributed by atoms with Crippen LogP contribution in [0.25, 0.3) is 0 Å². The number of hydrogen-bond donors (Lipinski definition) is 1. The SMILES string of the molecule is CC(C)N=C1NS(=O)(=O)c2sccc2N1Cl. The highest BCUT2D eigenvalue weighted by Gasteiger charge is 2.33. The molecule has 2 heterocycles. The second kappa shape index (κ2) is 3.90. The summed E-state index contributed by atoms with van der Waals surface area (Å²) in [4.78, 5) is 4.12. The first-order chi connectivity index (χ1) is 7.42. The van der Waals surface area contributed by atoms with E-state index in [-0.39, 0.29) is 16.2 Å². The zero-order chi connectivity index (χ0) is 11.9. The van der Waals surface area contributed by atoms with Crippen molar-refractivity contribution in [1.82, 2.24) is 4.72 Å². The zero-order valence-electron chi connectivity index (χ0n) is 8.64. The van der Waals surface area contributed by atoms with Gasteiger partial charge in [0.15, 0.2) is 4.21 Å². The van der Waals surface area contributed by atoms with Gasteiger partial charge in [0.25, 0.3) is 10.0 Å². The van der Waals surface area contributed by atoms with Crippen molar-refractivity contribution >= 4 is 44.8 Å². The Bertz CT molecular complexity index is 535. The second-order valence-corrected chi connectivity index (χ2v) is 6.66. The van der Waals surface area contributed by atoms with Crippen LogP contribution in [0.1, 0.15) is 13.8 Å². The lowest BCUT2D eigenvalue weighted by atomic mass is 10.4. The van der Waals surface area contributed by atoms with Crippen LogP contribution >= 0.6 is 23.1 Å². The van der Waals surface area contributed by atoms with Crippen LogP contribution in [-0.2, 0) is 10.0 Å². The molecule has 0 saturated heterocycles. The van der Waals surface area contributed by atoms with E-state index >= 15 is 0 Å². The van der Waals surface area contributed by atoms with Crippen molar-refractivity contribution in [3.05, 3.63) is 11.4 Å². The van der Waals surface area contributed by atoms with Gasteiger partial charge in [0.05, 0.1) is 5.69 Å². The van der Waals surface area contributed by atoms with Crippen molar-refractivity contribution in [2.75, 3.05) is 4.42 Å². The summed E-state index contributed by atoms with van der Waals surface area (Å²) in [5.41, 5.74) is 0.449. The van der Waals surface area contributed by atoms with Crippen LogP contribution in [0.3, 0.4) is 0 Å². The molecule has 8 heteroatoms. The Labute approximate surface area is 103 Å². The van der Waals surface area contributed by atoms with Gasteiger partial charge in [-0.15, -0.1) is 11.3 Å². The van der Waals surface area contributed by atoms with Crippen molar-refractivity contribution in [2.45, 2.75) is 24.1 Å². The zero-order valence-corrected chi connectivity index (χ0v) is 11.0. The highest BCUT2D eigenvalue weighted by molar-refractivity contribution is 7.92. The van der Waals surface area contributed by atoms with E-state index in [1.807, 2.05) is 13.8 Å². The fourth-order valence-corrected chi connectivity index (χ4v) is 3.97. The summed E-state index contributed by atoms with van der Waals surface area (Å²) in [5.74, 6) is 0.141. The molecule has 2 rings (SSSR count). The Hall–Kier alpha value is -0.790. The summed E-state index contributed by atoms with van der Waals surface area (Å²) in [5, 5.41) is 1.68. The topological polar surface area (TPSA) is 61.8 Å². The number of sulfonamides is 1. The van der Waals surface area contributed by atoms with Gasteiger partial charge < -0.3 is 0 Å². The summed E-state index contributed by atoms with van der Waals surface area (Å²) in [6.45, 7) is 3.68. The van der Waals surface area contributed by atoms with Crippen LogP contribution in [0.5, 0.6) is 0 Å². The lowest BCUT2D eigenvalue weighted by molar-refractivity contribution is 0.593. The van der Waals surface area contributed by atoms with Crippen LogP contribution in [0.4, 0.5) is 5.69 Å². The van der Waals surface area contributed by atoms with Gasteiger partial charge in [0.1, 0.15) is 0 Å². The van der Waals surface area contributed by atoms with Gasteiger partial charge in [-0.2, -0.15) is 0 Å². The molecule has 1 aliphatic rings. The maximum Gasteiger partial charge on any atom is 0.275 e. The van der Waals surface area contributed by atoms with E-state index < -0.39 is 10.0 Å². The third kappa shape index (κ3) is 1.90. The number of hydrogen-bond acceptors (Lipinski definition) is 4. The fraction of sp³-hybridized carbons (Fsp3) is 0.375. The highest BCUT2D eigenvalue weighted by atomic mass is 35.5. The Kier molecular flexibility index (Phi) is 2.85. The standard InChI is InChI=1S/C8H10ClN3O2S2/c1-5(2)10-8-11-16(13,14)7-6(12(8)9)3-4-15-7/h3-5H,1-2H3,(H,10,11). The minimum atomic E-state index is -3.51. The Balaban J connectivity index is 2.55. The van der Waals surface area contributed by atoms with E-state index in [0.717, 1.165) is 11.3 Å². The van der Waals surface area contributed by atoms with E-state index in [1.165, 1.54) is 4.42 Å². The number of fused-ring (bicyclic) bond motifs is 1. The molecule has 0 atom stereocenters. The molecule has 1 aromatic heterocycles. The first-order valence-corrected chi connectivity index (χ1v) is 7.26. The quantitative estimate of drug-likeness (QED) is 0.797. The number of aliphatic imine (C=N–C) groups is 1. The molecule has 0 spiro atoms. The summed E-state index contributed by atoms with van der Waals surface area (Å²) >= 11 is 7.13. The smallest absolute Gasteiger partial charge is 0.248 e. The van der Waals surface area contributed by atoms with Gasteiger partial charge in [-0.1, -0.05) is 0 Å². The number of rotatable bonds is 1. The van der Waals surface area contributed by atoms with Crippen LogP contribution in [0, 0.1) is 0 Å². The Morgan fingerprint density at radius 3 is 2.88 bits per heavy atom. The average Bonchev–Trinajstić information content (AvgIpc) is 2.61. The molecular weight excluding hydrogens is 270 g/mol.